The van der Waals surface area contributed by atoms with E-state index in [2.05, 4.69) is 4.98 Å². The number of rotatable bonds is 5. The van der Waals surface area contributed by atoms with E-state index in [1.165, 1.54) is 0 Å². The molecule has 2 rings (SSSR count). The largest absolute Gasteiger partial charge is 0.493 e. The van der Waals surface area contributed by atoms with Crippen LogP contribution in [0.15, 0.2) is 36.5 Å². The maximum atomic E-state index is 9.75. The van der Waals surface area contributed by atoms with Gasteiger partial charge in [0, 0.05) is 11.8 Å². The van der Waals surface area contributed by atoms with Crippen molar-refractivity contribution >= 4 is 0 Å². The van der Waals surface area contributed by atoms with Crippen molar-refractivity contribution in [2.45, 2.75) is 13.0 Å². The molecule has 0 aliphatic heterocycles. The molecule has 1 N–H and O–H groups in total. The number of benzene rings is 1. The molecule has 2 aromatic rings. The average molecular weight is 275 g/mol. The molecule has 1 aromatic heterocycles. The lowest BCUT2D eigenvalue weighted by atomic mass is 10.2. The standard InChI is InChI=1S/C15H17NO4/c1-10(17)11-6-5-9-16-15(11)20-14-12(18-2)7-4-8-13(14)19-3/h4-10,17H,1-3H3/t10-/m0/s1. The molecule has 0 saturated carbocycles. The van der Waals surface area contributed by atoms with Crippen LogP contribution in [0.1, 0.15) is 18.6 Å². The number of aliphatic hydroxyl groups excluding tert-OH is 1. The summed E-state index contributed by atoms with van der Waals surface area (Å²) >= 11 is 0. The normalized spacial score (nSPS) is 11.8. The second kappa shape index (κ2) is 6.25. The van der Waals surface area contributed by atoms with E-state index in [4.69, 9.17) is 14.2 Å². The number of ether oxygens (including phenoxy) is 3. The zero-order valence-electron chi connectivity index (χ0n) is 11.7. The Hall–Kier alpha value is -2.27. The van der Waals surface area contributed by atoms with Crippen LogP contribution in [0.3, 0.4) is 0 Å². The molecule has 5 nitrogen and oxygen atoms in total. The Bertz CT molecular complexity index is 562. The molecule has 0 unspecified atom stereocenters. The van der Waals surface area contributed by atoms with Crippen molar-refractivity contribution in [3.8, 4) is 23.1 Å². The molecular formula is C15H17NO4. The highest BCUT2D eigenvalue weighted by molar-refractivity contribution is 5.53. The Kier molecular flexibility index (Phi) is 4.42. The molecule has 0 radical (unpaired) electrons. The van der Waals surface area contributed by atoms with Crippen molar-refractivity contribution in [2.24, 2.45) is 0 Å². The average Bonchev–Trinajstić information content (AvgIpc) is 2.47. The van der Waals surface area contributed by atoms with E-state index in [1.54, 1.807) is 57.7 Å². The zero-order chi connectivity index (χ0) is 14.5. The van der Waals surface area contributed by atoms with E-state index in [-0.39, 0.29) is 0 Å². The number of para-hydroxylation sites is 1. The highest BCUT2D eigenvalue weighted by Gasteiger charge is 2.16. The third kappa shape index (κ3) is 2.83. The fraction of sp³-hybridized carbons (Fsp3) is 0.267. The van der Waals surface area contributed by atoms with Crippen LogP contribution < -0.4 is 14.2 Å². The summed E-state index contributed by atoms with van der Waals surface area (Å²) in [6, 6.07) is 8.84. The Morgan fingerprint density at radius 1 is 1.05 bits per heavy atom. The van der Waals surface area contributed by atoms with Crippen LogP contribution >= 0.6 is 0 Å². The van der Waals surface area contributed by atoms with E-state index in [9.17, 15) is 5.11 Å². The molecule has 1 heterocycles. The number of hydrogen-bond donors (Lipinski definition) is 1. The van der Waals surface area contributed by atoms with Gasteiger partial charge in [-0.2, -0.15) is 0 Å². The molecule has 0 fully saturated rings. The third-order valence-corrected chi connectivity index (χ3v) is 2.83. The van der Waals surface area contributed by atoms with Gasteiger partial charge in [-0.25, -0.2) is 4.98 Å². The predicted molar refractivity (Wildman–Crippen MR) is 74.5 cm³/mol. The summed E-state index contributed by atoms with van der Waals surface area (Å²) in [6.45, 7) is 1.66. The first-order valence-electron chi connectivity index (χ1n) is 6.19. The van der Waals surface area contributed by atoms with Crippen LogP contribution in [-0.4, -0.2) is 24.3 Å². The van der Waals surface area contributed by atoms with Crippen molar-refractivity contribution in [3.05, 3.63) is 42.1 Å². The first-order chi connectivity index (χ1) is 9.67. The molecule has 106 valence electrons. The highest BCUT2D eigenvalue weighted by atomic mass is 16.5. The number of hydrogen-bond acceptors (Lipinski definition) is 5. The Morgan fingerprint density at radius 3 is 2.25 bits per heavy atom. The van der Waals surface area contributed by atoms with Crippen LogP contribution in [0.2, 0.25) is 0 Å². The molecule has 0 aliphatic carbocycles. The lowest BCUT2D eigenvalue weighted by Gasteiger charge is -2.15. The molecule has 5 heteroatoms. The van der Waals surface area contributed by atoms with Crippen LogP contribution in [0, 0.1) is 0 Å². The van der Waals surface area contributed by atoms with Gasteiger partial charge in [-0.05, 0) is 31.2 Å². The van der Waals surface area contributed by atoms with E-state index in [1.807, 2.05) is 0 Å². The minimum Gasteiger partial charge on any atom is -0.493 e. The second-order valence-corrected chi connectivity index (χ2v) is 4.17. The quantitative estimate of drug-likeness (QED) is 0.909. The Morgan fingerprint density at radius 2 is 1.70 bits per heavy atom. The van der Waals surface area contributed by atoms with Gasteiger partial charge in [0.05, 0.1) is 20.3 Å². The molecule has 20 heavy (non-hydrogen) atoms. The number of aliphatic hydroxyl groups is 1. The monoisotopic (exact) mass is 275 g/mol. The molecule has 0 aliphatic rings. The molecule has 1 aromatic carbocycles. The fourth-order valence-corrected chi connectivity index (χ4v) is 1.82. The van der Waals surface area contributed by atoms with Gasteiger partial charge in [-0.3, -0.25) is 0 Å². The van der Waals surface area contributed by atoms with Crippen molar-refractivity contribution in [3.63, 3.8) is 0 Å². The molecule has 0 bridgehead atoms. The minimum atomic E-state index is -0.681. The van der Waals surface area contributed by atoms with Crippen LogP contribution in [0.4, 0.5) is 0 Å². The molecule has 0 spiro atoms. The van der Waals surface area contributed by atoms with Crippen molar-refractivity contribution in [2.75, 3.05) is 14.2 Å². The van der Waals surface area contributed by atoms with Gasteiger partial charge in [0.2, 0.25) is 11.6 Å². The third-order valence-electron chi connectivity index (χ3n) is 2.83. The molecule has 0 saturated heterocycles. The summed E-state index contributed by atoms with van der Waals surface area (Å²) in [5.74, 6) is 1.82. The summed E-state index contributed by atoms with van der Waals surface area (Å²) in [5.41, 5.74) is 0.598. The topological polar surface area (TPSA) is 60.8 Å². The summed E-state index contributed by atoms with van der Waals surface area (Å²) in [5, 5.41) is 9.75. The second-order valence-electron chi connectivity index (χ2n) is 4.17. The first kappa shape index (κ1) is 14.1. The van der Waals surface area contributed by atoms with E-state index in [0.29, 0.717) is 28.7 Å². The van der Waals surface area contributed by atoms with E-state index < -0.39 is 6.10 Å². The molecular weight excluding hydrogens is 258 g/mol. The maximum Gasteiger partial charge on any atom is 0.225 e. The SMILES string of the molecule is COc1cccc(OC)c1Oc1ncccc1[C@H](C)O. The van der Waals surface area contributed by atoms with Gasteiger partial charge in [0.25, 0.3) is 0 Å². The van der Waals surface area contributed by atoms with Crippen LogP contribution in [0.25, 0.3) is 0 Å². The van der Waals surface area contributed by atoms with Gasteiger partial charge in [0.1, 0.15) is 0 Å². The molecule has 0 amide bonds. The predicted octanol–water partition coefficient (Wildman–Crippen LogP) is 2.94. The van der Waals surface area contributed by atoms with Gasteiger partial charge in [-0.15, -0.1) is 0 Å². The van der Waals surface area contributed by atoms with E-state index >= 15 is 0 Å². The van der Waals surface area contributed by atoms with Gasteiger partial charge in [0.15, 0.2) is 11.5 Å². The fourth-order valence-electron chi connectivity index (χ4n) is 1.82. The maximum absolute atomic E-state index is 9.75. The first-order valence-corrected chi connectivity index (χ1v) is 6.19. The van der Waals surface area contributed by atoms with Crippen molar-refractivity contribution in [1.82, 2.24) is 4.98 Å². The zero-order valence-corrected chi connectivity index (χ0v) is 11.7. The Labute approximate surface area is 117 Å². The number of methoxy groups -OCH3 is 2. The lowest BCUT2D eigenvalue weighted by molar-refractivity contribution is 0.194. The Balaban J connectivity index is 2.44. The minimum absolute atomic E-state index is 0.324. The van der Waals surface area contributed by atoms with Gasteiger partial charge >= 0.3 is 0 Å². The summed E-state index contributed by atoms with van der Waals surface area (Å²) in [6.07, 6.45) is 0.919. The van der Waals surface area contributed by atoms with Crippen LogP contribution in [0.5, 0.6) is 23.1 Å². The smallest absolute Gasteiger partial charge is 0.225 e. The van der Waals surface area contributed by atoms with Crippen LogP contribution in [-0.2, 0) is 0 Å². The summed E-state index contributed by atoms with van der Waals surface area (Å²) < 4.78 is 16.3. The van der Waals surface area contributed by atoms with Crippen molar-refractivity contribution < 1.29 is 19.3 Å². The number of aromatic nitrogens is 1. The van der Waals surface area contributed by atoms with Crippen molar-refractivity contribution in [1.29, 1.82) is 0 Å². The highest BCUT2D eigenvalue weighted by Crippen LogP contribution is 2.40. The molecule has 1 atom stereocenters. The van der Waals surface area contributed by atoms with Gasteiger partial charge in [-0.1, -0.05) is 6.07 Å². The number of pyridine rings is 1. The lowest BCUT2D eigenvalue weighted by Crippen LogP contribution is -2.00. The summed E-state index contributed by atoms with van der Waals surface area (Å²) in [7, 11) is 3.10. The number of nitrogens with zero attached hydrogens (tertiary/aromatic N) is 1. The van der Waals surface area contributed by atoms with Gasteiger partial charge < -0.3 is 19.3 Å². The van der Waals surface area contributed by atoms with E-state index in [0.717, 1.165) is 0 Å². The summed E-state index contributed by atoms with van der Waals surface area (Å²) in [4.78, 5) is 4.15.